The van der Waals surface area contributed by atoms with Crippen molar-refractivity contribution >= 4 is 27.5 Å². The van der Waals surface area contributed by atoms with E-state index in [1.54, 1.807) is 11.3 Å². The number of nitrogens with zero attached hydrogens (tertiary/aromatic N) is 2. The maximum atomic E-state index is 12.6. The van der Waals surface area contributed by atoms with Crippen molar-refractivity contribution < 1.29 is 9.69 Å². The Morgan fingerprint density at radius 3 is 2.92 bits per heavy atom. The number of likely N-dealkylation sites (tertiary alicyclic amines) is 1. The van der Waals surface area contributed by atoms with Gasteiger partial charge in [-0.15, -0.1) is 11.3 Å². The SMILES string of the molecule is N#CC1(NC(=O)C[NH+]2CCC[C@H]2c2nc3ccccc3s2)CCCC1. The van der Waals surface area contributed by atoms with Crippen LogP contribution >= 0.6 is 11.3 Å². The van der Waals surface area contributed by atoms with Gasteiger partial charge in [-0.1, -0.05) is 12.1 Å². The highest BCUT2D eigenvalue weighted by atomic mass is 32.1. The van der Waals surface area contributed by atoms with Crippen LogP contribution in [0.5, 0.6) is 0 Å². The van der Waals surface area contributed by atoms with Gasteiger partial charge in [-0.3, -0.25) is 4.79 Å². The molecule has 25 heavy (non-hydrogen) atoms. The molecular weight excluding hydrogens is 332 g/mol. The molecule has 2 heterocycles. The first-order valence-corrected chi connectivity index (χ1v) is 9.93. The highest BCUT2D eigenvalue weighted by Gasteiger charge is 2.38. The molecule has 0 spiro atoms. The first-order chi connectivity index (χ1) is 12.2. The summed E-state index contributed by atoms with van der Waals surface area (Å²) in [5, 5.41) is 13.6. The van der Waals surface area contributed by atoms with Gasteiger partial charge in [-0.25, -0.2) is 4.98 Å². The lowest BCUT2D eigenvalue weighted by atomic mass is 10.00. The highest BCUT2D eigenvalue weighted by Crippen LogP contribution is 2.30. The van der Waals surface area contributed by atoms with E-state index in [2.05, 4.69) is 17.5 Å². The predicted molar refractivity (Wildman–Crippen MR) is 97.2 cm³/mol. The second-order valence-electron chi connectivity index (χ2n) is 7.25. The first kappa shape index (κ1) is 16.5. The molecule has 0 bridgehead atoms. The molecule has 4 rings (SSSR count). The lowest BCUT2D eigenvalue weighted by Crippen LogP contribution is -3.11. The summed E-state index contributed by atoms with van der Waals surface area (Å²) in [5.74, 6) is 0.00598. The molecule has 1 aromatic heterocycles. The highest BCUT2D eigenvalue weighted by molar-refractivity contribution is 7.18. The van der Waals surface area contributed by atoms with Crippen LogP contribution in [0.3, 0.4) is 0 Å². The van der Waals surface area contributed by atoms with E-state index in [1.165, 1.54) is 9.60 Å². The fourth-order valence-corrected chi connectivity index (χ4v) is 5.38. The minimum atomic E-state index is -0.623. The van der Waals surface area contributed by atoms with Crippen LogP contribution in [0.1, 0.15) is 49.6 Å². The number of benzene rings is 1. The molecule has 6 heteroatoms. The summed E-state index contributed by atoms with van der Waals surface area (Å²) >= 11 is 1.75. The van der Waals surface area contributed by atoms with Crippen LogP contribution in [0, 0.1) is 11.3 Å². The molecule has 2 atom stereocenters. The molecule has 2 aliphatic rings. The number of nitrogens with one attached hydrogen (secondary N) is 2. The van der Waals surface area contributed by atoms with Crippen molar-refractivity contribution in [1.29, 1.82) is 5.26 Å². The smallest absolute Gasteiger partial charge is 0.276 e. The minimum Gasteiger partial charge on any atom is -0.333 e. The first-order valence-electron chi connectivity index (χ1n) is 9.11. The van der Waals surface area contributed by atoms with Gasteiger partial charge in [0.2, 0.25) is 0 Å². The van der Waals surface area contributed by atoms with Crippen LogP contribution in [0.15, 0.2) is 24.3 Å². The zero-order valence-corrected chi connectivity index (χ0v) is 15.1. The van der Waals surface area contributed by atoms with Gasteiger partial charge in [0.1, 0.15) is 11.6 Å². The monoisotopic (exact) mass is 355 g/mol. The molecule has 0 radical (unpaired) electrons. The van der Waals surface area contributed by atoms with Crippen molar-refractivity contribution in [2.75, 3.05) is 13.1 Å². The van der Waals surface area contributed by atoms with Gasteiger partial charge in [-0.2, -0.15) is 5.26 Å². The quantitative estimate of drug-likeness (QED) is 0.881. The van der Waals surface area contributed by atoms with E-state index < -0.39 is 5.54 Å². The van der Waals surface area contributed by atoms with E-state index in [-0.39, 0.29) is 5.91 Å². The van der Waals surface area contributed by atoms with Gasteiger partial charge in [0, 0.05) is 12.8 Å². The summed E-state index contributed by atoms with van der Waals surface area (Å²) in [5.41, 5.74) is 0.425. The normalized spacial score (nSPS) is 25.1. The number of carbonyl (C=O) groups excluding carboxylic acids is 1. The van der Waals surface area contributed by atoms with Gasteiger partial charge >= 0.3 is 0 Å². The summed E-state index contributed by atoms with van der Waals surface area (Å²) in [6.07, 6.45) is 5.81. The Morgan fingerprint density at radius 1 is 1.36 bits per heavy atom. The Hall–Kier alpha value is -1.97. The van der Waals surface area contributed by atoms with Crippen LogP contribution in [0.25, 0.3) is 10.2 Å². The molecule has 1 aliphatic carbocycles. The maximum Gasteiger partial charge on any atom is 0.276 e. The van der Waals surface area contributed by atoms with Crippen LogP contribution in [0.4, 0.5) is 0 Å². The number of aromatic nitrogens is 1. The summed E-state index contributed by atoms with van der Waals surface area (Å²) in [6, 6.07) is 10.9. The van der Waals surface area contributed by atoms with Gasteiger partial charge in [0.15, 0.2) is 11.6 Å². The summed E-state index contributed by atoms with van der Waals surface area (Å²) < 4.78 is 1.21. The Labute approximate surface area is 151 Å². The number of hydrogen-bond donors (Lipinski definition) is 2. The van der Waals surface area contributed by atoms with Crippen LogP contribution in [0.2, 0.25) is 0 Å². The van der Waals surface area contributed by atoms with Crippen LogP contribution < -0.4 is 10.2 Å². The molecule has 2 N–H and O–H groups in total. The number of amides is 1. The molecule has 1 aliphatic heterocycles. The standard InChI is InChI=1S/C19H22N4OS/c20-13-19(9-3-4-10-19)22-17(24)12-23-11-5-7-15(23)18-21-14-6-1-2-8-16(14)25-18/h1-2,6,8,15H,3-5,7,9-12H2,(H,22,24)/p+1/t15-/m0/s1. The third kappa shape index (κ3) is 3.26. The van der Waals surface area contributed by atoms with E-state index in [0.717, 1.165) is 55.6 Å². The number of rotatable bonds is 4. The van der Waals surface area contributed by atoms with Gasteiger partial charge in [0.25, 0.3) is 5.91 Å². The van der Waals surface area contributed by atoms with Gasteiger partial charge in [0.05, 0.1) is 22.8 Å². The average Bonchev–Trinajstić information content (AvgIpc) is 3.33. The van der Waals surface area contributed by atoms with Gasteiger partial charge in [-0.05, 0) is 37.8 Å². The van der Waals surface area contributed by atoms with E-state index >= 15 is 0 Å². The molecule has 130 valence electrons. The summed E-state index contributed by atoms with van der Waals surface area (Å²) in [6.45, 7) is 1.43. The summed E-state index contributed by atoms with van der Waals surface area (Å²) in [7, 11) is 0. The number of para-hydroxylation sites is 1. The number of nitriles is 1. The Balaban J connectivity index is 1.46. The lowest BCUT2D eigenvalue weighted by Gasteiger charge is -2.24. The number of fused-ring (bicyclic) bond motifs is 1. The zero-order valence-electron chi connectivity index (χ0n) is 14.3. The molecule has 1 saturated carbocycles. The van der Waals surface area contributed by atoms with Crippen molar-refractivity contribution in [3.63, 3.8) is 0 Å². The van der Waals surface area contributed by atoms with Gasteiger partial charge < -0.3 is 10.2 Å². The fourth-order valence-electron chi connectivity index (χ4n) is 4.22. The molecule has 1 unspecified atom stereocenters. The van der Waals surface area contributed by atoms with E-state index in [9.17, 15) is 10.1 Å². The third-order valence-electron chi connectivity index (χ3n) is 5.53. The second kappa shape index (κ2) is 6.74. The third-order valence-corrected chi connectivity index (χ3v) is 6.68. The molecule has 2 fully saturated rings. The summed E-state index contributed by atoms with van der Waals surface area (Å²) in [4.78, 5) is 18.6. The topological polar surface area (TPSA) is 70.2 Å². The molecular formula is C19H23N4OS+. The molecule has 5 nitrogen and oxygen atoms in total. The Kier molecular flexibility index (Phi) is 4.45. The minimum absolute atomic E-state index is 0.00598. The predicted octanol–water partition coefficient (Wildman–Crippen LogP) is 1.97. The molecule has 1 aromatic carbocycles. The Bertz CT molecular complexity index is 785. The molecule has 1 saturated heterocycles. The largest absolute Gasteiger partial charge is 0.333 e. The Morgan fingerprint density at radius 2 is 2.16 bits per heavy atom. The number of carbonyl (C=O) groups is 1. The average molecular weight is 355 g/mol. The lowest BCUT2D eigenvalue weighted by molar-refractivity contribution is -0.910. The van der Waals surface area contributed by atoms with Crippen molar-refractivity contribution in [3.8, 4) is 6.07 Å². The second-order valence-corrected chi connectivity index (χ2v) is 8.31. The number of thiazole rings is 1. The van der Waals surface area contributed by atoms with Crippen molar-refractivity contribution in [2.45, 2.75) is 50.1 Å². The molecule has 1 amide bonds. The maximum absolute atomic E-state index is 12.6. The number of hydrogen-bond acceptors (Lipinski definition) is 4. The van der Waals surface area contributed by atoms with Crippen LogP contribution in [-0.4, -0.2) is 29.5 Å². The van der Waals surface area contributed by atoms with Crippen LogP contribution in [-0.2, 0) is 4.79 Å². The van der Waals surface area contributed by atoms with Crippen molar-refractivity contribution in [3.05, 3.63) is 29.3 Å². The number of quaternary nitrogens is 1. The van der Waals surface area contributed by atoms with Crippen molar-refractivity contribution in [1.82, 2.24) is 10.3 Å². The van der Waals surface area contributed by atoms with E-state index in [4.69, 9.17) is 4.98 Å². The van der Waals surface area contributed by atoms with E-state index in [0.29, 0.717) is 12.6 Å². The van der Waals surface area contributed by atoms with Crippen molar-refractivity contribution in [2.24, 2.45) is 0 Å². The van der Waals surface area contributed by atoms with E-state index in [1.807, 2.05) is 18.2 Å². The molecule has 2 aromatic rings. The fraction of sp³-hybridized carbons (Fsp3) is 0.526. The zero-order chi connectivity index (χ0) is 17.3.